The highest BCUT2D eigenvalue weighted by Gasteiger charge is 2.23. The summed E-state index contributed by atoms with van der Waals surface area (Å²) in [5, 5.41) is 7.06. The number of para-hydroxylation sites is 2. The number of amides is 2. The summed E-state index contributed by atoms with van der Waals surface area (Å²) in [5.41, 5.74) is 9.26. The third kappa shape index (κ3) is 6.57. The fraction of sp³-hybridized carbons (Fsp3) is 0.267. The van der Waals surface area contributed by atoms with Crippen molar-refractivity contribution in [3.8, 4) is 5.75 Å². The van der Waals surface area contributed by atoms with Gasteiger partial charge in [-0.05, 0) is 61.0 Å². The van der Waals surface area contributed by atoms with Gasteiger partial charge in [0.05, 0.1) is 24.6 Å². The second-order valence-corrected chi connectivity index (χ2v) is 9.64. The van der Waals surface area contributed by atoms with Crippen molar-refractivity contribution in [1.29, 1.82) is 0 Å². The van der Waals surface area contributed by atoms with Gasteiger partial charge in [-0.1, -0.05) is 24.3 Å². The van der Waals surface area contributed by atoms with E-state index in [-0.39, 0.29) is 11.8 Å². The van der Waals surface area contributed by atoms with Gasteiger partial charge in [0.2, 0.25) is 0 Å². The monoisotopic (exact) mass is 527 g/mol. The van der Waals surface area contributed by atoms with Gasteiger partial charge in [0.25, 0.3) is 11.8 Å². The molecular weight excluding hydrogens is 494 g/mol. The standard InChI is InChI=1S/C30H33N5O4/c1-21-6-7-23-19-28(39-27(23)18-21)30(37)35(20-34-14-12-32-13-15-34)16-17-38-24-10-8-22(9-11-24)29(36)33-26-5-3-2-4-25(26)31/h2-11,18-19,32H,12-17,20,31H2,1H3,(H,33,36). The van der Waals surface area contributed by atoms with Crippen molar-refractivity contribution in [2.24, 2.45) is 0 Å². The van der Waals surface area contributed by atoms with Crippen molar-refractivity contribution in [2.45, 2.75) is 6.92 Å². The highest BCUT2D eigenvalue weighted by Crippen LogP contribution is 2.22. The quantitative estimate of drug-likeness (QED) is 0.283. The molecule has 202 valence electrons. The lowest BCUT2D eigenvalue weighted by Crippen LogP contribution is -2.50. The minimum absolute atomic E-state index is 0.168. The van der Waals surface area contributed by atoms with Crippen LogP contribution in [0.4, 0.5) is 11.4 Å². The molecule has 4 N–H and O–H groups in total. The number of benzene rings is 3. The number of rotatable bonds is 9. The van der Waals surface area contributed by atoms with Crippen molar-refractivity contribution in [2.75, 3.05) is 57.0 Å². The maximum atomic E-state index is 13.5. The van der Waals surface area contributed by atoms with E-state index in [4.69, 9.17) is 14.9 Å². The number of anilines is 2. The number of nitrogen functional groups attached to an aromatic ring is 1. The Balaban J connectivity index is 1.22. The third-order valence-electron chi connectivity index (χ3n) is 6.71. The number of aryl methyl sites for hydroxylation is 1. The van der Waals surface area contributed by atoms with Gasteiger partial charge in [-0.15, -0.1) is 0 Å². The molecule has 0 bridgehead atoms. The number of carbonyl (C=O) groups excluding carboxylic acids is 2. The lowest BCUT2D eigenvalue weighted by molar-refractivity contribution is 0.0539. The molecule has 0 radical (unpaired) electrons. The molecule has 2 heterocycles. The van der Waals surface area contributed by atoms with E-state index in [9.17, 15) is 9.59 Å². The molecule has 0 unspecified atom stereocenters. The number of piperazine rings is 1. The maximum absolute atomic E-state index is 13.5. The zero-order chi connectivity index (χ0) is 27.2. The molecule has 1 aromatic heterocycles. The number of nitrogens with zero attached hydrogens (tertiary/aromatic N) is 2. The number of ether oxygens (including phenoxy) is 1. The van der Waals surface area contributed by atoms with Crippen molar-refractivity contribution in [3.05, 3.63) is 89.7 Å². The van der Waals surface area contributed by atoms with E-state index in [0.717, 1.165) is 37.1 Å². The first-order valence-electron chi connectivity index (χ1n) is 13.1. The summed E-state index contributed by atoms with van der Waals surface area (Å²) in [6.45, 7) is 6.66. The fourth-order valence-electron chi connectivity index (χ4n) is 4.51. The van der Waals surface area contributed by atoms with Gasteiger partial charge in [0.15, 0.2) is 5.76 Å². The molecule has 4 aromatic rings. The first kappa shape index (κ1) is 26.3. The smallest absolute Gasteiger partial charge is 0.290 e. The van der Waals surface area contributed by atoms with Crippen molar-refractivity contribution >= 4 is 34.2 Å². The van der Waals surface area contributed by atoms with Crippen molar-refractivity contribution in [3.63, 3.8) is 0 Å². The van der Waals surface area contributed by atoms with Gasteiger partial charge in [-0.2, -0.15) is 0 Å². The SMILES string of the molecule is Cc1ccc2cc(C(=O)N(CCOc3ccc(C(=O)Nc4ccccc4N)cc3)CN3CCNCC3)oc2c1. The lowest BCUT2D eigenvalue weighted by Gasteiger charge is -2.32. The molecule has 2 amide bonds. The van der Waals surface area contributed by atoms with Crippen molar-refractivity contribution in [1.82, 2.24) is 15.1 Å². The topological polar surface area (TPSA) is 113 Å². The summed E-state index contributed by atoms with van der Waals surface area (Å²) in [5.74, 6) is 0.506. The van der Waals surface area contributed by atoms with Crippen LogP contribution in [0.5, 0.6) is 5.75 Å². The van der Waals surface area contributed by atoms with Crippen LogP contribution in [0.15, 0.2) is 77.2 Å². The molecule has 1 aliphatic heterocycles. The van der Waals surface area contributed by atoms with Crippen LogP contribution in [0.3, 0.4) is 0 Å². The van der Waals surface area contributed by atoms with Crippen LogP contribution in [-0.2, 0) is 0 Å². The van der Waals surface area contributed by atoms with Crippen LogP contribution in [0.25, 0.3) is 11.0 Å². The molecule has 9 nitrogen and oxygen atoms in total. The Bertz CT molecular complexity index is 1440. The summed E-state index contributed by atoms with van der Waals surface area (Å²) >= 11 is 0. The molecule has 1 aliphatic rings. The Labute approximate surface area is 227 Å². The van der Waals surface area contributed by atoms with E-state index in [1.807, 2.05) is 37.3 Å². The Morgan fingerprint density at radius 2 is 1.82 bits per heavy atom. The Morgan fingerprint density at radius 1 is 1.05 bits per heavy atom. The number of nitrogens with two attached hydrogens (primary N) is 1. The van der Waals surface area contributed by atoms with Crippen molar-refractivity contribution < 1.29 is 18.7 Å². The molecule has 5 rings (SSSR count). The Hall–Kier alpha value is -4.34. The predicted molar refractivity (Wildman–Crippen MR) is 152 cm³/mol. The summed E-state index contributed by atoms with van der Waals surface area (Å²) in [7, 11) is 0. The van der Waals surface area contributed by atoms with Gasteiger partial charge in [-0.3, -0.25) is 14.5 Å². The Morgan fingerprint density at radius 3 is 2.59 bits per heavy atom. The maximum Gasteiger partial charge on any atom is 0.290 e. The second-order valence-electron chi connectivity index (χ2n) is 9.64. The summed E-state index contributed by atoms with van der Waals surface area (Å²) in [6.07, 6.45) is 0. The van der Waals surface area contributed by atoms with E-state index in [2.05, 4.69) is 15.5 Å². The first-order valence-corrected chi connectivity index (χ1v) is 13.1. The van der Waals surface area contributed by atoms with Gasteiger partial charge in [-0.25, -0.2) is 0 Å². The molecule has 0 saturated carbocycles. The van der Waals surface area contributed by atoms with E-state index in [1.165, 1.54) is 0 Å². The van der Waals surface area contributed by atoms with E-state index >= 15 is 0 Å². The summed E-state index contributed by atoms with van der Waals surface area (Å²) in [6, 6.07) is 21.7. The van der Waals surface area contributed by atoms with Crippen LogP contribution >= 0.6 is 0 Å². The molecular formula is C30H33N5O4. The van der Waals surface area contributed by atoms with E-state index in [1.54, 1.807) is 47.4 Å². The number of carbonyl (C=O) groups is 2. The minimum atomic E-state index is -0.256. The largest absolute Gasteiger partial charge is 0.492 e. The van der Waals surface area contributed by atoms with Crippen LogP contribution in [0, 0.1) is 6.92 Å². The number of nitrogens with one attached hydrogen (secondary N) is 2. The molecule has 0 atom stereocenters. The van der Waals surface area contributed by atoms with E-state index < -0.39 is 0 Å². The lowest BCUT2D eigenvalue weighted by atomic mass is 10.2. The van der Waals surface area contributed by atoms with Gasteiger partial charge in [0, 0.05) is 37.1 Å². The molecule has 39 heavy (non-hydrogen) atoms. The highest BCUT2D eigenvalue weighted by molar-refractivity contribution is 6.05. The zero-order valence-electron chi connectivity index (χ0n) is 22.0. The summed E-state index contributed by atoms with van der Waals surface area (Å²) < 4.78 is 11.9. The van der Waals surface area contributed by atoms with E-state index in [0.29, 0.717) is 53.9 Å². The summed E-state index contributed by atoms with van der Waals surface area (Å²) in [4.78, 5) is 30.1. The average molecular weight is 528 g/mol. The number of fused-ring (bicyclic) bond motifs is 1. The predicted octanol–water partition coefficient (Wildman–Crippen LogP) is 3.96. The van der Waals surface area contributed by atoms with Gasteiger partial charge >= 0.3 is 0 Å². The molecule has 0 spiro atoms. The van der Waals surface area contributed by atoms with Crippen LogP contribution < -0.4 is 21.1 Å². The first-order chi connectivity index (χ1) is 19.0. The molecule has 3 aromatic carbocycles. The second kappa shape index (κ2) is 12.0. The van der Waals surface area contributed by atoms with Gasteiger partial charge < -0.3 is 30.4 Å². The minimum Gasteiger partial charge on any atom is -0.492 e. The highest BCUT2D eigenvalue weighted by atomic mass is 16.5. The molecule has 0 aliphatic carbocycles. The van der Waals surface area contributed by atoms with Crippen LogP contribution in [0.2, 0.25) is 0 Å². The number of hydrogen-bond acceptors (Lipinski definition) is 7. The molecule has 9 heteroatoms. The normalized spacial score (nSPS) is 13.8. The fourth-order valence-corrected chi connectivity index (χ4v) is 4.51. The van der Waals surface area contributed by atoms with Gasteiger partial charge in [0.1, 0.15) is 17.9 Å². The zero-order valence-corrected chi connectivity index (χ0v) is 22.0. The Kier molecular flexibility index (Phi) is 8.10. The molecule has 1 fully saturated rings. The van der Waals surface area contributed by atoms with Crippen LogP contribution in [0.1, 0.15) is 26.5 Å². The molecule has 1 saturated heterocycles. The average Bonchev–Trinajstić information content (AvgIpc) is 3.37. The van der Waals surface area contributed by atoms with Crippen LogP contribution in [-0.4, -0.2) is 67.6 Å². The third-order valence-corrected chi connectivity index (χ3v) is 6.71. The number of hydrogen-bond donors (Lipinski definition) is 3. The number of furan rings is 1.